The number of rotatable bonds is 3. The largest absolute Gasteiger partial charge is 0.493 e. The zero-order valence-electron chi connectivity index (χ0n) is 8.56. The van der Waals surface area contributed by atoms with E-state index in [0.717, 1.165) is 10.0 Å². The van der Waals surface area contributed by atoms with E-state index in [1.54, 1.807) is 13.0 Å². The fourth-order valence-electron chi connectivity index (χ4n) is 1.28. The quantitative estimate of drug-likeness (QED) is 0.776. The second kappa shape index (κ2) is 4.60. The molecule has 14 heavy (non-hydrogen) atoms. The molecule has 0 N–H and O–H groups in total. The van der Waals surface area contributed by atoms with Crippen molar-refractivity contribution in [3.05, 3.63) is 27.7 Å². The van der Waals surface area contributed by atoms with Gasteiger partial charge in [-0.2, -0.15) is 0 Å². The monoisotopic (exact) mass is 256 g/mol. The number of Topliss-reactive ketones (excluding diaryl/α,β-unsaturated/α-hetero) is 1. The molecule has 0 aromatic heterocycles. The molecule has 0 heterocycles. The van der Waals surface area contributed by atoms with Gasteiger partial charge in [-0.05, 0) is 32.9 Å². The van der Waals surface area contributed by atoms with E-state index in [1.807, 2.05) is 19.9 Å². The molecule has 1 aromatic carbocycles. The Balaban J connectivity index is 3.29. The van der Waals surface area contributed by atoms with Crippen LogP contribution in [0.1, 0.15) is 29.8 Å². The molecule has 0 aliphatic carbocycles. The molecule has 1 aromatic rings. The maximum absolute atomic E-state index is 11.3. The van der Waals surface area contributed by atoms with Crippen LogP contribution in [0.5, 0.6) is 5.75 Å². The van der Waals surface area contributed by atoms with Crippen LogP contribution in [0.2, 0.25) is 0 Å². The second-order valence-electron chi connectivity index (χ2n) is 3.04. The molecule has 0 unspecified atom stereocenters. The lowest BCUT2D eigenvalue weighted by molar-refractivity contribution is 0.101. The van der Waals surface area contributed by atoms with Gasteiger partial charge < -0.3 is 4.74 Å². The van der Waals surface area contributed by atoms with Gasteiger partial charge in [-0.1, -0.05) is 15.9 Å². The molecule has 0 fully saturated rings. The molecule has 0 bridgehead atoms. The van der Waals surface area contributed by atoms with E-state index in [4.69, 9.17) is 4.74 Å². The lowest BCUT2D eigenvalue weighted by atomic mass is 10.1. The van der Waals surface area contributed by atoms with Crippen molar-refractivity contribution in [2.24, 2.45) is 0 Å². The van der Waals surface area contributed by atoms with Crippen molar-refractivity contribution in [2.75, 3.05) is 6.61 Å². The summed E-state index contributed by atoms with van der Waals surface area (Å²) >= 11 is 3.41. The van der Waals surface area contributed by atoms with Gasteiger partial charge in [-0.15, -0.1) is 0 Å². The first-order chi connectivity index (χ1) is 6.57. The standard InChI is InChI=1S/C11H13BrO2/c1-4-14-11-7(2)10(12)6-5-9(11)8(3)13/h5-6H,4H2,1-3H3. The van der Waals surface area contributed by atoms with Crippen LogP contribution in [-0.2, 0) is 0 Å². The third-order valence-electron chi connectivity index (χ3n) is 2.01. The predicted octanol–water partition coefficient (Wildman–Crippen LogP) is 3.36. The van der Waals surface area contributed by atoms with Crippen LogP contribution >= 0.6 is 15.9 Å². The first-order valence-electron chi connectivity index (χ1n) is 4.50. The summed E-state index contributed by atoms with van der Waals surface area (Å²) in [6.45, 7) is 5.95. The van der Waals surface area contributed by atoms with Crippen LogP contribution in [-0.4, -0.2) is 12.4 Å². The number of ether oxygens (including phenoxy) is 1. The first-order valence-corrected chi connectivity index (χ1v) is 5.30. The van der Waals surface area contributed by atoms with Crippen LogP contribution in [0.3, 0.4) is 0 Å². The van der Waals surface area contributed by atoms with Gasteiger partial charge in [0.05, 0.1) is 12.2 Å². The van der Waals surface area contributed by atoms with E-state index < -0.39 is 0 Å². The Morgan fingerprint density at radius 2 is 2.14 bits per heavy atom. The van der Waals surface area contributed by atoms with Gasteiger partial charge in [0.2, 0.25) is 0 Å². The highest BCUT2D eigenvalue weighted by Gasteiger charge is 2.12. The third kappa shape index (κ3) is 2.15. The van der Waals surface area contributed by atoms with Crippen LogP contribution in [0.15, 0.2) is 16.6 Å². The Bertz CT molecular complexity index is 359. The summed E-state index contributed by atoms with van der Waals surface area (Å²) < 4.78 is 6.42. The van der Waals surface area contributed by atoms with E-state index in [0.29, 0.717) is 17.9 Å². The summed E-state index contributed by atoms with van der Waals surface area (Å²) in [6, 6.07) is 3.65. The minimum absolute atomic E-state index is 0.0315. The zero-order chi connectivity index (χ0) is 10.7. The molecule has 0 spiro atoms. The minimum atomic E-state index is 0.0315. The fraction of sp³-hybridized carbons (Fsp3) is 0.364. The molecule has 3 heteroatoms. The highest BCUT2D eigenvalue weighted by atomic mass is 79.9. The average Bonchev–Trinajstić information content (AvgIpc) is 2.13. The minimum Gasteiger partial charge on any atom is -0.493 e. The van der Waals surface area contributed by atoms with Crippen LogP contribution in [0.25, 0.3) is 0 Å². The highest BCUT2D eigenvalue weighted by Crippen LogP contribution is 2.30. The fourth-order valence-corrected chi connectivity index (χ4v) is 1.59. The SMILES string of the molecule is CCOc1c(C(C)=O)ccc(Br)c1C. The average molecular weight is 257 g/mol. The topological polar surface area (TPSA) is 26.3 Å². The van der Waals surface area contributed by atoms with Crippen molar-refractivity contribution < 1.29 is 9.53 Å². The van der Waals surface area contributed by atoms with E-state index in [-0.39, 0.29) is 5.78 Å². The van der Waals surface area contributed by atoms with Crippen molar-refractivity contribution in [3.8, 4) is 5.75 Å². The molecular formula is C11H13BrO2. The summed E-state index contributed by atoms with van der Waals surface area (Å²) in [5, 5.41) is 0. The number of ketones is 1. The van der Waals surface area contributed by atoms with Gasteiger partial charge in [0.25, 0.3) is 0 Å². The van der Waals surface area contributed by atoms with E-state index in [9.17, 15) is 4.79 Å². The molecule has 0 atom stereocenters. The lowest BCUT2D eigenvalue weighted by Gasteiger charge is -2.12. The molecule has 1 rings (SSSR count). The number of carbonyl (C=O) groups excluding carboxylic acids is 1. The first kappa shape index (κ1) is 11.2. The smallest absolute Gasteiger partial charge is 0.163 e. The molecular weight excluding hydrogens is 244 g/mol. The number of halogens is 1. The third-order valence-corrected chi connectivity index (χ3v) is 2.87. The van der Waals surface area contributed by atoms with Crippen LogP contribution < -0.4 is 4.74 Å². The predicted molar refractivity (Wildman–Crippen MR) is 60.1 cm³/mol. The zero-order valence-corrected chi connectivity index (χ0v) is 10.1. The number of carbonyl (C=O) groups is 1. The maximum atomic E-state index is 11.3. The molecule has 0 saturated carbocycles. The van der Waals surface area contributed by atoms with E-state index >= 15 is 0 Å². The molecule has 0 saturated heterocycles. The van der Waals surface area contributed by atoms with Gasteiger partial charge in [-0.25, -0.2) is 0 Å². The van der Waals surface area contributed by atoms with Gasteiger partial charge in [0.1, 0.15) is 5.75 Å². The summed E-state index contributed by atoms with van der Waals surface area (Å²) in [5.74, 6) is 0.721. The van der Waals surface area contributed by atoms with Crippen molar-refractivity contribution in [3.63, 3.8) is 0 Å². The number of hydrogen-bond acceptors (Lipinski definition) is 2. The summed E-state index contributed by atoms with van der Waals surface area (Å²) in [5.41, 5.74) is 1.62. The summed E-state index contributed by atoms with van der Waals surface area (Å²) in [7, 11) is 0. The molecule has 76 valence electrons. The normalized spacial score (nSPS) is 10.0. The lowest BCUT2D eigenvalue weighted by Crippen LogP contribution is -2.02. The van der Waals surface area contributed by atoms with Crippen LogP contribution in [0.4, 0.5) is 0 Å². The Kier molecular flexibility index (Phi) is 3.69. The van der Waals surface area contributed by atoms with E-state index in [1.165, 1.54) is 0 Å². The maximum Gasteiger partial charge on any atom is 0.163 e. The van der Waals surface area contributed by atoms with Crippen molar-refractivity contribution in [1.29, 1.82) is 0 Å². The van der Waals surface area contributed by atoms with Gasteiger partial charge in [0.15, 0.2) is 5.78 Å². The Labute approximate surface area is 92.4 Å². The van der Waals surface area contributed by atoms with Gasteiger partial charge in [0, 0.05) is 10.0 Å². The second-order valence-corrected chi connectivity index (χ2v) is 3.89. The molecule has 2 nitrogen and oxygen atoms in total. The molecule has 0 radical (unpaired) electrons. The highest BCUT2D eigenvalue weighted by molar-refractivity contribution is 9.10. The van der Waals surface area contributed by atoms with Crippen molar-refractivity contribution >= 4 is 21.7 Å². The number of hydrogen-bond donors (Lipinski definition) is 0. The van der Waals surface area contributed by atoms with E-state index in [2.05, 4.69) is 15.9 Å². The Morgan fingerprint density at radius 1 is 1.50 bits per heavy atom. The Morgan fingerprint density at radius 3 is 2.64 bits per heavy atom. The van der Waals surface area contributed by atoms with Gasteiger partial charge >= 0.3 is 0 Å². The Hall–Kier alpha value is -0.830. The molecule has 0 aliphatic heterocycles. The van der Waals surface area contributed by atoms with Crippen molar-refractivity contribution in [2.45, 2.75) is 20.8 Å². The van der Waals surface area contributed by atoms with Gasteiger partial charge in [-0.3, -0.25) is 4.79 Å². The summed E-state index contributed by atoms with van der Waals surface area (Å²) in [6.07, 6.45) is 0. The number of benzene rings is 1. The molecule has 0 amide bonds. The summed E-state index contributed by atoms with van der Waals surface area (Å²) in [4.78, 5) is 11.3. The van der Waals surface area contributed by atoms with Crippen molar-refractivity contribution in [1.82, 2.24) is 0 Å². The van der Waals surface area contributed by atoms with Crippen LogP contribution in [0, 0.1) is 6.92 Å². The molecule has 0 aliphatic rings.